The molecule has 0 saturated carbocycles. The second-order valence-corrected chi connectivity index (χ2v) is 14.2. The molecule has 0 aliphatic heterocycles. The van der Waals surface area contributed by atoms with E-state index in [1.807, 2.05) is 0 Å². The fourth-order valence-corrected chi connectivity index (χ4v) is 6.60. The van der Waals surface area contributed by atoms with E-state index in [1.54, 1.807) is 38.9 Å². The predicted molar refractivity (Wildman–Crippen MR) is 177 cm³/mol. The molecule has 0 nitrogen and oxygen atoms in total. The molecule has 0 fully saturated rings. The van der Waals surface area contributed by atoms with Gasteiger partial charge in [-0.15, -0.1) is 0 Å². The summed E-state index contributed by atoms with van der Waals surface area (Å²) in [6, 6.07) is 12.9. The molecule has 0 radical (unpaired) electrons. The maximum absolute atomic E-state index is 2.61. The Morgan fingerprint density at radius 1 is 0.615 bits per heavy atom. The van der Waals surface area contributed by atoms with Gasteiger partial charge in [0.2, 0.25) is 0 Å². The molecule has 0 bridgehead atoms. The van der Waals surface area contributed by atoms with E-state index in [4.69, 9.17) is 0 Å². The van der Waals surface area contributed by atoms with Crippen molar-refractivity contribution in [2.45, 2.75) is 170 Å². The molecule has 1 atom stereocenters. The zero-order chi connectivity index (χ0) is 29.2. The average Bonchev–Trinajstić information content (AvgIpc) is 2.89. The molecule has 0 N–H and O–H groups in total. The van der Waals surface area contributed by atoms with E-state index in [9.17, 15) is 0 Å². The molecule has 1 unspecified atom stereocenters. The third kappa shape index (κ3) is 9.23. The van der Waals surface area contributed by atoms with Crippen LogP contribution in [0.4, 0.5) is 0 Å². The van der Waals surface area contributed by atoms with Crippen molar-refractivity contribution in [1.29, 1.82) is 0 Å². The van der Waals surface area contributed by atoms with Gasteiger partial charge in [-0.25, -0.2) is 0 Å². The highest BCUT2D eigenvalue weighted by atomic mass is 14.3. The van der Waals surface area contributed by atoms with Crippen LogP contribution in [0.25, 0.3) is 0 Å². The quantitative estimate of drug-likeness (QED) is 0.190. The van der Waals surface area contributed by atoms with Gasteiger partial charge in [-0.1, -0.05) is 138 Å². The number of aryl methyl sites for hydroxylation is 2. The molecule has 0 aliphatic carbocycles. The third-order valence-electron chi connectivity index (χ3n) is 9.34. The van der Waals surface area contributed by atoms with Crippen molar-refractivity contribution < 1.29 is 0 Å². The fraction of sp³-hybridized carbons (Fsp3) is 0.692. The largest absolute Gasteiger partial charge is 0.0654 e. The monoisotopic (exact) mass is 533 g/mol. The number of hydrogen-bond acceptors (Lipinski definition) is 0. The van der Waals surface area contributed by atoms with Crippen LogP contribution < -0.4 is 0 Å². The number of rotatable bonds is 17. The molecule has 0 spiro atoms. The lowest BCUT2D eigenvalue weighted by atomic mass is 9.71. The van der Waals surface area contributed by atoms with Crippen LogP contribution in [0.2, 0.25) is 0 Å². The van der Waals surface area contributed by atoms with Crippen LogP contribution in [0.1, 0.15) is 178 Å². The van der Waals surface area contributed by atoms with Crippen LogP contribution in [0.3, 0.4) is 0 Å². The van der Waals surface area contributed by atoms with E-state index in [0.717, 1.165) is 0 Å². The van der Waals surface area contributed by atoms with Crippen LogP contribution in [0, 0.1) is 12.8 Å². The predicted octanol–water partition coefficient (Wildman–Crippen LogP) is 12.4. The smallest absolute Gasteiger partial charge is 0.0115 e. The Bertz CT molecular complexity index is 1000. The summed E-state index contributed by atoms with van der Waals surface area (Å²) in [4.78, 5) is 0. The van der Waals surface area contributed by atoms with E-state index in [2.05, 4.69) is 106 Å². The summed E-state index contributed by atoms with van der Waals surface area (Å²) in [5.74, 6) is 0.972. The lowest BCUT2D eigenvalue weighted by molar-refractivity contribution is 0.452. The van der Waals surface area contributed by atoms with Crippen LogP contribution in [0.15, 0.2) is 30.3 Å². The minimum atomic E-state index is 0.203. The van der Waals surface area contributed by atoms with Gasteiger partial charge in [-0.3, -0.25) is 0 Å². The molecule has 0 saturated heterocycles. The molecule has 0 heteroatoms. The van der Waals surface area contributed by atoms with Crippen molar-refractivity contribution in [3.63, 3.8) is 0 Å². The molecule has 0 amide bonds. The molecular formula is C39H64. The second-order valence-electron chi connectivity index (χ2n) is 14.2. The van der Waals surface area contributed by atoms with Crippen molar-refractivity contribution in [3.05, 3.63) is 69.3 Å². The molecule has 0 heterocycles. The number of benzene rings is 2. The molecule has 0 aromatic heterocycles. The minimum Gasteiger partial charge on any atom is -0.0654 e. The molecule has 2 aromatic carbocycles. The van der Waals surface area contributed by atoms with Gasteiger partial charge >= 0.3 is 0 Å². The van der Waals surface area contributed by atoms with Crippen molar-refractivity contribution in [1.82, 2.24) is 0 Å². The standard InChI is InChI=1S/C39H64/c1-12-16-20-31-24-33(28-34(25-31)38(8,9)22-18-14-3)37(29(5)6)35-26-32(21-17-13-2)27-36(30(35)7)39(10,11)23-19-15-4/h24-29,37H,12-23H2,1-11H3. The highest BCUT2D eigenvalue weighted by Crippen LogP contribution is 2.42. The van der Waals surface area contributed by atoms with Gasteiger partial charge in [-0.2, -0.15) is 0 Å². The topological polar surface area (TPSA) is 0 Å². The SMILES string of the molecule is CCCCc1cc(C(c2cc(CCCC)cc(C(C)(C)CCCC)c2C)C(C)C)cc(C(C)(C)CCCC)c1. The number of hydrogen-bond donors (Lipinski definition) is 0. The van der Waals surface area contributed by atoms with Crippen LogP contribution in [-0.2, 0) is 23.7 Å². The van der Waals surface area contributed by atoms with Gasteiger partial charge in [0, 0.05) is 5.92 Å². The minimum absolute atomic E-state index is 0.203. The number of unbranched alkanes of at least 4 members (excludes halogenated alkanes) is 4. The van der Waals surface area contributed by atoms with Gasteiger partial charge in [-0.05, 0) is 101 Å². The summed E-state index contributed by atoms with van der Waals surface area (Å²) in [6.07, 6.45) is 15.1. The average molecular weight is 533 g/mol. The van der Waals surface area contributed by atoms with Crippen LogP contribution >= 0.6 is 0 Å². The molecule has 39 heavy (non-hydrogen) atoms. The maximum atomic E-state index is 2.61. The Balaban J connectivity index is 2.78. The summed E-state index contributed by atoms with van der Waals surface area (Å²) in [7, 11) is 0. The van der Waals surface area contributed by atoms with Crippen molar-refractivity contribution >= 4 is 0 Å². The summed E-state index contributed by atoms with van der Waals surface area (Å²) in [5, 5.41) is 0. The van der Waals surface area contributed by atoms with E-state index in [-0.39, 0.29) is 10.8 Å². The Morgan fingerprint density at radius 3 is 1.64 bits per heavy atom. The van der Waals surface area contributed by atoms with Crippen molar-refractivity contribution in [3.8, 4) is 0 Å². The highest BCUT2D eigenvalue weighted by molar-refractivity contribution is 5.49. The summed E-state index contributed by atoms with van der Waals surface area (Å²) < 4.78 is 0. The van der Waals surface area contributed by atoms with Crippen LogP contribution in [0.5, 0.6) is 0 Å². The summed E-state index contributed by atoms with van der Waals surface area (Å²) in [6.45, 7) is 26.5. The molecule has 0 aliphatic rings. The highest BCUT2D eigenvalue weighted by Gasteiger charge is 2.29. The van der Waals surface area contributed by atoms with Crippen molar-refractivity contribution in [2.24, 2.45) is 5.92 Å². The molecule has 2 aromatic rings. The molecule has 2 rings (SSSR count). The first-order chi connectivity index (χ1) is 18.4. The lowest BCUT2D eigenvalue weighted by Gasteiger charge is -2.33. The first-order valence-electron chi connectivity index (χ1n) is 16.7. The zero-order valence-corrected chi connectivity index (χ0v) is 28.0. The zero-order valence-electron chi connectivity index (χ0n) is 28.0. The molecule has 220 valence electrons. The summed E-state index contributed by atoms with van der Waals surface area (Å²) in [5.41, 5.74) is 11.3. The Morgan fingerprint density at radius 2 is 1.13 bits per heavy atom. The van der Waals surface area contributed by atoms with Gasteiger partial charge in [0.05, 0.1) is 0 Å². The summed E-state index contributed by atoms with van der Waals surface area (Å²) >= 11 is 0. The normalized spacial score (nSPS) is 13.3. The van der Waals surface area contributed by atoms with Gasteiger partial charge in [0.1, 0.15) is 0 Å². The Hall–Kier alpha value is -1.56. The lowest BCUT2D eigenvalue weighted by Crippen LogP contribution is -2.22. The van der Waals surface area contributed by atoms with E-state index in [0.29, 0.717) is 11.8 Å². The maximum Gasteiger partial charge on any atom is 0.0115 e. The first kappa shape index (κ1) is 33.6. The van der Waals surface area contributed by atoms with Gasteiger partial charge < -0.3 is 0 Å². The van der Waals surface area contributed by atoms with Crippen LogP contribution in [-0.4, -0.2) is 0 Å². The van der Waals surface area contributed by atoms with E-state index < -0.39 is 0 Å². The third-order valence-corrected chi connectivity index (χ3v) is 9.34. The Kier molecular flexibility index (Phi) is 13.3. The fourth-order valence-electron chi connectivity index (χ4n) is 6.60. The van der Waals surface area contributed by atoms with E-state index >= 15 is 0 Å². The van der Waals surface area contributed by atoms with Gasteiger partial charge in [0.25, 0.3) is 0 Å². The van der Waals surface area contributed by atoms with Gasteiger partial charge in [0.15, 0.2) is 0 Å². The first-order valence-corrected chi connectivity index (χ1v) is 16.7. The van der Waals surface area contributed by atoms with E-state index in [1.165, 1.54) is 77.0 Å². The molecular weight excluding hydrogens is 468 g/mol. The van der Waals surface area contributed by atoms with Crippen molar-refractivity contribution in [2.75, 3.05) is 0 Å². The second kappa shape index (κ2) is 15.4. The Labute approximate surface area is 244 Å².